The molecule has 0 spiro atoms. The van der Waals surface area contributed by atoms with Crippen molar-refractivity contribution in [2.75, 3.05) is 11.9 Å². The Morgan fingerprint density at radius 3 is 2.96 bits per heavy atom. The van der Waals surface area contributed by atoms with Crippen LogP contribution in [0.3, 0.4) is 0 Å². The number of benzene rings is 1. The highest BCUT2D eigenvalue weighted by Gasteiger charge is 2.08. The van der Waals surface area contributed by atoms with Gasteiger partial charge in [-0.15, -0.1) is 10.2 Å². The van der Waals surface area contributed by atoms with Crippen molar-refractivity contribution in [1.82, 2.24) is 19.9 Å². The standard InChI is InChI=1S/C17H18ClN5O2/c1-2-9-25-14-7-6-12(10-13(14)18)20-17(24)19-11-16-22-21-15-5-3-4-8-23(15)16/h3-8,10H,2,9,11H2,1H3,(H2,19,20,24). The van der Waals surface area contributed by atoms with Crippen LogP contribution in [0.25, 0.3) is 5.65 Å². The Morgan fingerprint density at radius 1 is 1.28 bits per heavy atom. The summed E-state index contributed by atoms with van der Waals surface area (Å²) >= 11 is 6.15. The first-order chi connectivity index (χ1) is 12.2. The van der Waals surface area contributed by atoms with Crippen molar-refractivity contribution in [1.29, 1.82) is 0 Å². The molecular weight excluding hydrogens is 342 g/mol. The smallest absolute Gasteiger partial charge is 0.319 e. The van der Waals surface area contributed by atoms with Crippen molar-refractivity contribution in [2.45, 2.75) is 19.9 Å². The molecule has 7 nitrogen and oxygen atoms in total. The maximum Gasteiger partial charge on any atom is 0.319 e. The van der Waals surface area contributed by atoms with Gasteiger partial charge in [0.2, 0.25) is 0 Å². The van der Waals surface area contributed by atoms with E-state index in [0.29, 0.717) is 28.9 Å². The van der Waals surface area contributed by atoms with Crippen LogP contribution < -0.4 is 15.4 Å². The summed E-state index contributed by atoms with van der Waals surface area (Å²) in [5, 5.41) is 14.0. The molecule has 8 heteroatoms. The van der Waals surface area contributed by atoms with Gasteiger partial charge in [0.15, 0.2) is 11.5 Å². The van der Waals surface area contributed by atoms with Crippen LogP contribution in [0, 0.1) is 0 Å². The van der Waals surface area contributed by atoms with E-state index in [9.17, 15) is 4.79 Å². The highest BCUT2D eigenvalue weighted by atomic mass is 35.5. The summed E-state index contributed by atoms with van der Waals surface area (Å²) in [6.45, 7) is 2.87. The topological polar surface area (TPSA) is 80.5 Å². The number of nitrogens with zero attached hydrogens (tertiary/aromatic N) is 3. The first-order valence-electron chi connectivity index (χ1n) is 7.93. The number of anilines is 1. The number of hydrogen-bond donors (Lipinski definition) is 2. The second kappa shape index (κ2) is 7.85. The van der Waals surface area contributed by atoms with Crippen molar-refractivity contribution in [3.63, 3.8) is 0 Å². The minimum Gasteiger partial charge on any atom is -0.492 e. The van der Waals surface area contributed by atoms with E-state index < -0.39 is 0 Å². The van der Waals surface area contributed by atoms with E-state index in [0.717, 1.165) is 12.1 Å². The molecule has 0 fully saturated rings. The third-order valence-corrected chi connectivity index (χ3v) is 3.74. The van der Waals surface area contributed by atoms with Gasteiger partial charge in [0, 0.05) is 11.9 Å². The molecule has 2 aromatic heterocycles. The SMILES string of the molecule is CCCOc1ccc(NC(=O)NCc2nnc3ccccn23)cc1Cl. The van der Waals surface area contributed by atoms with E-state index >= 15 is 0 Å². The summed E-state index contributed by atoms with van der Waals surface area (Å²) in [5.74, 6) is 1.25. The third-order valence-electron chi connectivity index (χ3n) is 3.44. The Bertz CT molecular complexity index is 880. The van der Waals surface area contributed by atoms with Crippen molar-refractivity contribution in [3.8, 4) is 5.75 Å². The highest BCUT2D eigenvalue weighted by molar-refractivity contribution is 6.32. The van der Waals surface area contributed by atoms with Crippen molar-refractivity contribution in [2.24, 2.45) is 0 Å². The van der Waals surface area contributed by atoms with Gasteiger partial charge in [-0.1, -0.05) is 24.6 Å². The minimum absolute atomic E-state index is 0.252. The van der Waals surface area contributed by atoms with Gasteiger partial charge in [-0.05, 0) is 36.8 Å². The summed E-state index contributed by atoms with van der Waals surface area (Å²) < 4.78 is 7.32. The number of hydrogen-bond acceptors (Lipinski definition) is 4. The predicted molar refractivity (Wildman–Crippen MR) is 96.1 cm³/mol. The average Bonchev–Trinajstić information content (AvgIpc) is 3.02. The molecule has 0 radical (unpaired) electrons. The minimum atomic E-state index is -0.356. The lowest BCUT2D eigenvalue weighted by Crippen LogP contribution is -2.29. The van der Waals surface area contributed by atoms with Gasteiger partial charge in [0.05, 0.1) is 18.2 Å². The molecule has 0 saturated heterocycles. The lowest BCUT2D eigenvalue weighted by Gasteiger charge is -2.10. The Morgan fingerprint density at radius 2 is 2.16 bits per heavy atom. The van der Waals surface area contributed by atoms with E-state index in [1.165, 1.54) is 0 Å². The maximum atomic E-state index is 12.1. The molecular formula is C17H18ClN5O2. The highest BCUT2D eigenvalue weighted by Crippen LogP contribution is 2.27. The number of urea groups is 1. The number of pyridine rings is 1. The summed E-state index contributed by atoms with van der Waals surface area (Å²) in [6, 6.07) is 10.4. The lowest BCUT2D eigenvalue weighted by molar-refractivity contribution is 0.251. The zero-order valence-electron chi connectivity index (χ0n) is 13.7. The molecule has 130 valence electrons. The van der Waals surface area contributed by atoms with Crippen LogP contribution in [0.4, 0.5) is 10.5 Å². The van der Waals surface area contributed by atoms with Gasteiger partial charge in [-0.3, -0.25) is 4.40 Å². The number of rotatable bonds is 6. The number of aromatic nitrogens is 3. The Labute approximate surface area is 150 Å². The third kappa shape index (κ3) is 4.19. The van der Waals surface area contributed by atoms with Gasteiger partial charge in [0.25, 0.3) is 0 Å². The van der Waals surface area contributed by atoms with E-state index in [1.807, 2.05) is 35.7 Å². The zero-order chi connectivity index (χ0) is 17.6. The normalized spacial score (nSPS) is 10.6. The summed E-state index contributed by atoms with van der Waals surface area (Å²) in [5.41, 5.74) is 1.31. The molecule has 0 bridgehead atoms. The predicted octanol–water partition coefficient (Wildman–Crippen LogP) is 3.49. The van der Waals surface area contributed by atoms with Crippen molar-refractivity contribution in [3.05, 3.63) is 53.4 Å². The quantitative estimate of drug-likeness (QED) is 0.706. The number of carbonyl (C=O) groups excluding carboxylic acids is 1. The summed E-state index contributed by atoms with van der Waals surface area (Å²) in [7, 11) is 0. The van der Waals surface area contributed by atoms with Gasteiger partial charge < -0.3 is 15.4 Å². The van der Waals surface area contributed by atoms with Crippen molar-refractivity contribution < 1.29 is 9.53 Å². The van der Waals surface area contributed by atoms with Crippen LogP contribution in [0.2, 0.25) is 5.02 Å². The molecule has 2 amide bonds. The average molecular weight is 360 g/mol. The molecule has 0 aliphatic carbocycles. The number of ether oxygens (including phenoxy) is 1. The Kier molecular flexibility index (Phi) is 5.35. The van der Waals surface area contributed by atoms with Crippen LogP contribution in [-0.4, -0.2) is 27.2 Å². The van der Waals surface area contributed by atoms with Gasteiger partial charge in [-0.25, -0.2) is 4.79 Å². The number of halogens is 1. The number of carbonyl (C=O) groups is 1. The Hall–Kier alpha value is -2.80. The van der Waals surface area contributed by atoms with E-state index in [2.05, 4.69) is 20.8 Å². The van der Waals surface area contributed by atoms with Crippen LogP contribution >= 0.6 is 11.6 Å². The Balaban J connectivity index is 1.58. The van der Waals surface area contributed by atoms with Gasteiger partial charge in [0.1, 0.15) is 5.75 Å². The summed E-state index contributed by atoms with van der Waals surface area (Å²) in [4.78, 5) is 12.1. The monoisotopic (exact) mass is 359 g/mol. The molecule has 0 atom stereocenters. The summed E-state index contributed by atoms with van der Waals surface area (Å²) in [6.07, 6.45) is 2.75. The molecule has 25 heavy (non-hydrogen) atoms. The van der Waals surface area contributed by atoms with E-state index in [1.54, 1.807) is 18.2 Å². The molecule has 2 N–H and O–H groups in total. The fourth-order valence-corrected chi connectivity index (χ4v) is 2.49. The van der Waals surface area contributed by atoms with Crippen LogP contribution in [0.15, 0.2) is 42.6 Å². The van der Waals surface area contributed by atoms with Crippen LogP contribution in [0.1, 0.15) is 19.2 Å². The molecule has 2 heterocycles. The van der Waals surface area contributed by atoms with Gasteiger partial charge in [-0.2, -0.15) is 0 Å². The lowest BCUT2D eigenvalue weighted by atomic mass is 10.3. The second-order valence-corrected chi connectivity index (χ2v) is 5.75. The number of nitrogens with one attached hydrogen (secondary N) is 2. The molecule has 0 aliphatic rings. The molecule has 0 unspecified atom stereocenters. The maximum absolute atomic E-state index is 12.1. The fourth-order valence-electron chi connectivity index (χ4n) is 2.25. The van der Waals surface area contributed by atoms with Crippen molar-refractivity contribution >= 4 is 29.0 Å². The largest absolute Gasteiger partial charge is 0.492 e. The molecule has 1 aromatic carbocycles. The van der Waals surface area contributed by atoms with Gasteiger partial charge >= 0.3 is 6.03 Å². The number of fused-ring (bicyclic) bond motifs is 1. The number of amides is 2. The molecule has 3 aromatic rings. The zero-order valence-corrected chi connectivity index (χ0v) is 14.5. The van der Waals surface area contributed by atoms with E-state index in [-0.39, 0.29) is 12.6 Å². The molecule has 3 rings (SSSR count). The van der Waals surface area contributed by atoms with Crippen LogP contribution in [0.5, 0.6) is 5.75 Å². The van der Waals surface area contributed by atoms with Crippen LogP contribution in [-0.2, 0) is 6.54 Å². The first-order valence-corrected chi connectivity index (χ1v) is 8.31. The molecule has 0 saturated carbocycles. The fraction of sp³-hybridized carbons (Fsp3) is 0.235. The first kappa shape index (κ1) is 17.0. The molecule has 0 aliphatic heterocycles. The second-order valence-electron chi connectivity index (χ2n) is 5.35. The van der Waals surface area contributed by atoms with E-state index in [4.69, 9.17) is 16.3 Å².